The predicted octanol–water partition coefficient (Wildman–Crippen LogP) is 4.05. The summed E-state index contributed by atoms with van der Waals surface area (Å²) < 4.78 is 0. The molecule has 2 aromatic carbocycles. The van der Waals surface area contributed by atoms with Crippen LogP contribution in [0.25, 0.3) is 11.3 Å². The van der Waals surface area contributed by atoms with Crippen LogP contribution < -0.4 is 5.32 Å². The first kappa shape index (κ1) is 20.7. The Morgan fingerprint density at radius 1 is 1.07 bits per heavy atom. The third-order valence-electron chi connectivity index (χ3n) is 5.45. The Labute approximate surface area is 182 Å². The number of piperazine rings is 1. The third kappa shape index (κ3) is 5.53. The molecule has 1 N–H and O–H groups in total. The summed E-state index contributed by atoms with van der Waals surface area (Å²) in [5.41, 5.74) is 5.17. The highest BCUT2D eigenvalue weighted by Gasteiger charge is 2.14. The van der Waals surface area contributed by atoms with Gasteiger partial charge in [0.25, 0.3) is 0 Å². The molecule has 1 saturated heterocycles. The van der Waals surface area contributed by atoms with Crippen molar-refractivity contribution in [1.29, 1.82) is 0 Å². The minimum Gasteiger partial charge on any atom is -0.326 e. The minimum atomic E-state index is 0.00370. The van der Waals surface area contributed by atoms with Crippen molar-refractivity contribution in [1.82, 2.24) is 14.8 Å². The van der Waals surface area contributed by atoms with Gasteiger partial charge in [-0.2, -0.15) is 0 Å². The quantitative estimate of drug-likeness (QED) is 0.654. The number of carbonyl (C=O) groups is 1. The van der Waals surface area contributed by atoms with E-state index in [4.69, 9.17) is 0 Å². The second-order valence-corrected chi connectivity index (χ2v) is 9.02. The molecular formula is C24H28N4OS. The standard InChI is InChI=1S/C24H28N4OS/c1-18-25-23(17-30-18)21-8-6-19(7-9-21)15-24(29)26-22-5-3-4-20(14-22)16-28-12-10-27(2)11-13-28/h3-9,14,17H,10-13,15-16H2,1-2H3,(H,26,29). The Hall–Kier alpha value is -2.54. The fourth-order valence-corrected chi connectivity index (χ4v) is 4.31. The van der Waals surface area contributed by atoms with E-state index in [2.05, 4.69) is 44.7 Å². The first-order chi connectivity index (χ1) is 14.5. The molecule has 0 atom stereocenters. The van der Waals surface area contributed by atoms with E-state index in [-0.39, 0.29) is 5.91 Å². The lowest BCUT2D eigenvalue weighted by Crippen LogP contribution is -2.43. The molecule has 0 saturated carbocycles. The van der Waals surface area contributed by atoms with Gasteiger partial charge in [-0.15, -0.1) is 11.3 Å². The van der Waals surface area contributed by atoms with Gasteiger partial charge in [0.1, 0.15) is 0 Å². The second-order valence-electron chi connectivity index (χ2n) is 7.95. The molecule has 0 radical (unpaired) electrons. The molecular weight excluding hydrogens is 392 g/mol. The molecule has 1 aromatic heterocycles. The first-order valence-corrected chi connectivity index (χ1v) is 11.2. The predicted molar refractivity (Wildman–Crippen MR) is 124 cm³/mol. The molecule has 1 aliphatic heterocycles. The van der Waals surface area contributed by atoms with Crippen molar-refractivity contribution in [2.75, 3.05) is 38.5 Å². The highest BCUT2D eigenvalue weighted by molar-refractivity contribution is 7.09. The van der Waals surface area contributed by atoms with Crippen molar-refractivity contribution in [2.45, 2.75) is 19.9 Å². The molecule has 0 unspecified atom stereocenters. The van der Waals surface area contributed by atoms with Gasteiger partial charge in [-0.1, -0.05) is 36.4 Å². The summed E-state index contributed by atoms with van der Waals surface area (Å²) >= 11 is 1.65. The molecule has 3 aromatic rings. The lowest BCUT2D eigenvalue weighted by molar-refractivity contribution is -0.115. The van der Waals surface area contributed by atoms with Crippen molar-refractivity contribution >= 4 is 22.9 Å². The molecule has 0 spiro atoms. The number of benzene rings is 2. The summed E-state index contributed by atoms with van der Waals surface area (Å²) in [6.45, 7) is 7.32. The number of thiazole rings is 1. The van der Waals surface area contributed by atoms with Gasteiger partial charge in [0.2, 0.25) is 5.91 Å². The summed E-state index contributed by atoms with van der Waals surface area (Å²) in [4.78, 5) is 21.9. The second kappa shape index (κ2) is 9.51. The van der Waals surface area contributed by atoms with Crippen molar-refractivity contribution in [3.63, 3.8) is 0 Å². The molecule has 2 heterocycles. The minimum absolute atomic E-state index is 0.00370. The van der Waals surface area contributed by atoms with Crippen LogP contribution >= 0.6 is 11.3 Å². The van der Waals surface area contributed by atoms with Gasteiger partial charge < -0.3 is 10.2 Å². The maximum Gasteiger partial charge on any atom is 0.228 e. The van der Waals surface area contributed by atoms with Crippen molar-refractivity contribution in [2.24, 2.45) is 0 Å². The van der Waals surface area contributed by atoms with Gasteiger partial charge in [-0.3, -0.25) is 9.69 Å². The van der Waals surface area contributed by atoms with E-state index in [1.165, 1.54) is 5.56 Å². The molecule has 0 aliphatic carbocycles. The van der Waals surface area contributed by atoms with Crippen LogP contribution in [0.3, 0.4) is 0 Å². The van der Waals surface area contributed by atoms with E-state index in [1.54, 1.807) is 11.3 Å². The lowest BCUT2D eigenvalue weighted by atomic mass is 10.1. The van der Waals surface area contributed by atoms with Crippen molar-refractivity contribution in [3.8, 4) is 11.3 Å². The average Bonchev–Trinajstić information content (AvgIpc) is 3.17. The number of likely N-dealkylation sites (N-methyl/N-ethyl adjacent to an activating group) is 1. The van der Waals surface area contributed by atoms with Crippen LogP contribution in [0.5, 0.6) is 0 Å². The number of nitrogens with zero attached hydrogens (tertiary/aromatic N) is 3. The van der Waals surface area contributed by atoms with Crippen LogP contribution in [-0.2, 0) is 17.8 Å². The van der Waals surface area contributed by atoms with Gasteiger partial charge >= 0.3 is 0 Å². The fourth-order valence-electron chi connectivity index (χ4n) is 3.69. The molecule has 1 fully saturated rings. The molecule has 6 heteroatoms. The molecule has 1 aliphatic rings. The highest BCUT2D eigenvalue weighted by Crippen LogP contribution is 2.22. The van der Waals surface area contributed by atoms with Gasteiger partial charge in [0.05, 0.1) is 17.1 Å². The molecule has 156 valence electrons. The normalized spacial score (nSPS) is 15.3. The maximum atomic E-state index is 12.5. The van der Waals surface area contributed by atoms with Crippen LogP contribution in [0.15, 0.2) is 53.9 Å². The van der Waals surface area contributed by atoms with E-state index in [9.17, 15) is 4.79 Å². The van der Waals surface area contributed by atoms with E-state index < -0.39 is 0 Å². The monoisotopic (exact) mass is 420 g/mol. The summed E-state index contributed by atoms with van der Waals surface area (Å²) in [6, 6.07) is 16.3. The van der Waals surface area contributed by atoms with E-state index in [0.29, 0.717) is 6.42 Å². The van der Waals surface area contributed by atoms with Crippen LogP contribution in [0.2, 0.25) is 0 Å². The van der Waals surface area contributed by atoms with Crippen molar-refractivity contribution < 1.29 is 4.79 Å². The molecule has 4 rings (SSSR count). The summed E-state index contributed by atoms with van der Waals surface area (Å²) in [5.74, 6) is 0.00370. The van der Waals surface area contributed by atoms with Crippen molar-refractivity contribution in [3.05, 3.63) is 70.0 Å². The molecule has 1 amide bonds. The summed E-state index contributed by atoms with van der Waals surface area (Å²) in [7, 11) is 2.17. The fraction of sp³-hybridized carbons (Fsp3) is 0.333. The van der Waals surface area contributed by atoms with E-state index >= 15 is 0 Å². The topological polar surface area (TPSA) is 48.5 Å². The number of aryl methyl sites for hydroxylation is 1. The van der Waals surface area contributed by atoms with Gasteiger partial charge in [0, 0.05) is 49.4 Å². The number of nitrogens with one attached hydrogen (secondary N) is 1. The number of hydrogen-bond donors (Lipinski definition) is 1. The van der Waals surface area contributed by atoms with Crippen LogP contribution in [0.1, 0.15) is 16.1 Å². The average molecular weight is 421 g/mol. The largest absolute Gasteiger partial charge is 0.326 e. The maximum absolute atomic E-state index is 12.5. The Bertz CT molecular complexity index is 990. The smallest absolute Gasteiger partial charge is 0.228 e. The number of amides is 1. The van der Waals surface area contributed by atoms with Gasteiger partial charge in [0.15, 0.2) is 0 Å². The number of hydrogen-bond acceptors (Lipinski definition) is 5. The number of anilines is 1. The van der Waals surface area contributed by atoms with E-state index in [1.807, 2.05) is 43.3 Å². The Morgan fingerprint density at radius 2 is 1.83 bits per heavy atom. The van der Waals surface area contributed by atoms with E-state index in [0.717, 1.165) is 60.2 Å². The number of carbonyl (C=O) groups excluding carboxylic acids is 1. The lowest BCUT2D eigenvalue weighted by Gasteiger charge is -2.32. The van der Waals surface area contributed by atoms with Crippen LogP contribution in [0, 0.1) is 6.92 Å². The number of rotatable bonds is 6. The zero-order valence-corrected chi connectivity index (χ0v) is 18.4. The van der Waals surface area contributed by atoms with Crippen LogP contribution in [0.4, 0.5) is 5.69 Å². The molecule has 30 heavy (non-hydrogen) atoms. The Balaban J connectivity index is 1.32. The third-order valence-corrected chi connectivity index (χ3v) is 6.22. The highest BCUT2D eigenvalue weighted by atomic mass is 32.1. The zero-order valence-electron chi connectivity index (χ0n) is 17.6. The summed E-state index contributed by atoms with van der Waals surface area (Å²) in [6.07, 6.45) is 0.360. The van der Waals surface area contributed by atoms with Gasteiger partial charge in [-0.05, 0) is 37.2 Å². The Morgan fingerprint density at radius 3 is 2.53 bits per heavy atom. The molecule has 0 bridgehead atoms. The Kier molecular flexibility index (Phi) is 6.57. The summed E-state index contributed by atoms with van der Waals surface area (Å²) in [5, 5.41) is 6.17. The zero-order chi connectivity index (χ0) is 20.9. The van der Waals surface area contributed by atoms with Gasteiger partial charge in [-0.25, -0.2) is 4.98 Å². The molecule has 5 nitrogen and oxygen atoms in total. The first-order valence-electron chi connectivity index (χ1n) is 10.4. The SMILES string of the molecule is Cc1nc(-c2ccc(CC(=O)Nc3cccc(CN4CCN(C)CC4)c3)cc2)cs1. The van der Waals surface area contributed by atoms with Crippen LogP contribution in [-0.4, -0.2) is 53.9 Å². The number of aromatic nitrogens is 1.